The molecule has 2 nitrogen and oxygen atoms in total. The number of nitrogens with one attached hydrogen (secondary N) is 1. The van der Waals surface area contributed by atoms with E-state index in [-0.39, 0.29) is 6.10 Å². The summed E-state index contributed by atoms with van der Waals surface area (Å²) in [5.74, 6) is 0. The first-order valence-corrected chi connectivity index (χ1v) is 8.76. The second-order valence-corrected chi connectivity index (χ2v) is 6.24. The second kappa shape index (κ2) is 11.7. The molecule has 0 aromatic rings. The summed E-state index contributed by atoms with van der Waals surface area (Å²) in [6.07, 6.45) is 17.0. The Morgan fingerprint density at radius 2 is 1.53 bits per heavy atom. The molecule has 1 aliphatic heterocycles. The minimum Gasteiger partial charge on any atom is -0.392 e. The molecule has 2 N–H and O–H groups in total. The molecular weight excluding hydrogens is 234 g/mol. The van der Waals surface area contributed by atoms with Gasteiger partial charge in [0.05, 0.1) is 6.10 Å². The van der Waals surface area contributed by atoms with Crippen molar-refractivity contribution in [2.75, 3.05) is 6.54 Å². The molecule has 114 valence electrons. The predicted molar refractivity (Wildman–Crippen MR) is 83.5 cm³/mol. The van der Waals surface area contributed by atoms with Crippen molar-refractivity contribution in [1.29, 1.82) is 0 Å². The van der Waals surface area contributed by atoms with Crippen molar-refractivity contribution in [2.45, 2.75) is 103 Å². The van der Waals surface area contributed by atoms with Gasteiger partial charge in [-0.05, 0) is 25.8 Å². The van der Waals surface area contributed by atoms with E-state index < -0.39 is 0 Å². The summed E-state index contributed by atoms with van der Waals surface area (Å²) < 4.78 is 0. The van der Waals surface area contributed by atoms with Crippen LogP contribution in [0, 0.1) is 0 Å². The molecule has 19 heavy (non-hydrogen) atoms. The molecule has 0 aromatic carbocycles. The molecule has 2 heteroatoms. The minimum absolute atomic E-state index is 0.100. The van der Waals surface area contributed by atoms with Crippen molar-refractivity contribution in [2.24, 2.45) is 0 Å². The molecule has 0 amide bonds. The number of aliphatic hydroxyl groups is 1. The van der Waals surface area contributed by atoms with Crippen molar-refractivity contribution in [3.63, 3.8) is 0 Å². The van der Waals surface area contributed by atoms with Gasteiger partial charge >= 0.3 is 0 Å². The van der Waals surface area contributed by atoms with Gasteiger partial charge in [-0.25, -0.2) is 0 Å². The van der Waals surface area contributed by atoms with Crippen LogP contribution in [-0.2, 0) is 0 Å². The third kappa shape index (κ3) is 8.65. The van der Waals surface area contributed by atoms with Crippen molar-refractivity contribution in [1.82, 2.24) is 5.32 Å². The summed E-state index contributed by atoms with van der Waals surface area (Å²) in [4.78, 5) is 0. The van der Waals surface area contributed by atoms with Crippen molar-refractivity contribution in [3.8, 4) is 0 Å². The first kappa shape index (κ1) is 17.0. The van der Waals surface area contributed by atoms with Crippen LogP contribution in [0.15, 0.2) is 0 Å². The van der Waals surface area contributed by atoms with Crippen LogP contribution in [0.4, 0.5) is 0 Å². The molecule has 0 aliphatic carbocycles. The monoisotopic (exact) mass is 269 g/mol. The van der Waals surface area contributed by atoms with Crippen LogP contribution in [0.5, 0.6) is 0 Å². The van der Waals surface area contributed by atoms with E-state index >= 15 is 0 Å². The Bertz CT molecular complexity index is 190. The summed E-state index contributed by atoms with van der Waals surface area (Å²) in [5.41, 5.74) is 0. The lowest BCUT2D eigenvalue weighted by molar-refractivity contribution is 0.123. The normalized spacial score (nSPS) is 20.8. The average Bonchev–Trinajstić information content (AvgIpc) is 2.95. The Balaban J connectivity index is 1.78. The summed E-state index contributed by atoms with van der Waals surface area (Å²) in [7, 11) is 0. The zero-order valence-electron chi connectivity index (χ0n) is 13.0. The van der Waals surface area contributed by atoms with Gasteiger partial charge in [-0.15, -0.1) is 0 Å². The average molecular weight is 269 g/mol. The fourth-order valence-corrected chi connectivity index (χ4v) is 3.08. The third-order valence-corrected chi connectivity index (χ3v) is 4.42. The van der Waals surface area contributed by atoms with E-state index in [1.807, 2.05) is 0 Å². The fraction of sp³-hybridized carbons (Fsp3) is 1.00. The molecule has 1 rings (SSSR count). The van der Waals surface area contributed by atoms with E-state index in [2.05, 4.69) is 12.2 Å². The smallest absolute Gasteiger partial charge is 0.0693 e. The van der Waals surface area contributed by atoms with Crippen molar-refractivity contribution >= 4 is 0 Å². The first-order chi connectivity index (χ1) is 9.34. The number of hydrogen-bond acceptors (Lipinski definition) is 2. The van der Waals surface area contributed by atoms with Gasteiger partial charge in [-0.3, -0.25) is 0 Å². The highest BCUT2D eigenvalue weighted by atomic mass is 16.3. The maximum absolute atomic E-state index is 10.0. The molecule has 0 radical (unpaired) electrons. The van der Waals surface area contributed by atoms with Crippen LogP contribution >= 0.6 is 0 Å². The Morgan fingerprint density at radius 1 is 0.947 bits per heavy atom. The van der Waals surface area contributed by atoms with Crippen LogP contribution in [0.2, 0.25) is 0 Å². The predicted octanol–water partition coefficient (Wildman–Crippen LogP) is 4.41. The molecular formula is C17H35NO. The molecule has 2 atom stereocenters. The molecule has 2 unspecified atom stereocenters. The minimum atomic E-state index is -0.100. The van der Waals surface area contributed by atoms with E-state index in [0.29, 0.717) is 6.04 Å². The summed E-state index contributed by atoms with van der Waals surface area (Å²) in [6.45, 7) is 3.37. The summed E-state index contributed by atoms with van der Waals surface area (Å²) in [6, 6.07) is 0.388. The first-order valence-electron chi connectivity index (χ1n) is 8.76. The van der Waals surface area contributed by atoms with Crippen molar-refractivity contribution < 1.29 is 5.11 Å². The Labute approximate surface area is 120 Å². The Morgan fingerprint density at radius 3 is 2.05 bits per heavy atom. The summed E-state index contributed by atoms with van der Waals surface area (Å²) in [5, 5.41) is 13.4. The van der Waals surface area contributed by atoms with Crippen LogP contribution in [-0.4, -0.2) is 23.8 Å². The molecule has 1 saturated heterocycles. The third-order valence-electron chi connectivity index (χ3n) is 4.42. The number of hydrogen-bond donors (Lipinski definition) is 2. The number of rotatable bonds is 12. The van der Waals surface area contributed by atoms with Gasteiger partial charge in [-0.1, -0.05) is 71.1 Å². The van der Waals surface area contributed by atoms with E-state index in [0.717, 1.165) is 13.0 Å². The van der Waals surface area contributed by atoms with Gasteiger partial charge in [0, 0.05) is 6.04 Å². The zero-order valence-corrected chi connectivity index (χ0v) is 13.0. The largest absolute Gasteiger partial charge is 0.392 e. The van der Waals surface area contributed by atoms with Gasteiger partial charge in [0.15, 0.2) is 0 Å². The lowest BCUT2D eigenvalue weighted by Gasteiger charge is -2.17. The Hall–Kier alpha value is -0.0800. The maximum Gasteiger partial charge on any atom is 0.0693 e. The van der Waals surface area contributed by atoms with E-state index in [1.54, 1.807) is 0 Å². The van der Waals surface area contributed by atoms with Crippen LogP contribution in [0.3, 0.4) is 0 Å². The highest BCUT2D eigenvalue weighted by Crippen LogP contribution is 2.16. The fourth-order valence-electron chi connectivity index (χ4n) is 3.08. The molecule has 0 saturated carbocycles. The molecule has 0 aromatic heterocycles. The van der Waals surface area contributed by atoms with Gasteiger partial charge in [0.1, 0.15) is 0 Å². The molecule has 0 bridgehead atoms. The summed E-state index contributed by atoms with van der Waals surface area (Å²) >= 11 is 0. The number of unbranched alkanes of at least 4 members (excludes halogenated alkanes) is 9. The van der Waals surface area contributed by atoms with E-state index in [1.165, 1.54) is 77.0 Å². The maximum atomic E-state index is 10.0. The lowest BCUT2D eigenvalue weighted by atomic mass is 10.0. The lowest BCUT2D eigenvalue weighted by Crippen LogP contribution is -2.34. The molecule has 0 spiro atoms. The zero-order chi connectivity index (χ0) is 13.8. The highest BCUT2D eigenvalue weighted by molar-refractivity contribution is 4.80. The molecule has 1 aliphatic rings. The molecule has 1 fully saturated rings. The van der Waals surface area contributed by atoms with Crippen LogP contribution < -0.4 is 5.32 Å². The highest BCUT2D eigenvalue weighted by Gasteiger charge is 2.21. The molecule has 1 heterocycles. The van der Waals surface area contributed by atoms with Gasteiger partial charge in [-0.2, -0.15) is 0 Å². The SMILES string of the molecule is CCCCCCCCCCCCC(O)C1CCCN1. The van der Waals surface area contributed by atoms with Crippen molar-refractivity contribution in [3.05, 3.63) is 0 Å². The standard InChI is InChI=1S/C17H35NO/c1-2-3-4-5-6-7-8-9-10-11-14-17(19)16-13-12-15-18-16/h16-19H,2-15H2,1H3. The van der Waals surface area contributed by atoms with Gasteiger partial charge in [0.2, 0.25) is 0 Å². The van der Waals surface area contributed by atoms with Crippen LogP contribution in [0.1, 0.15) is 90.4 Å². The topological polar surface area (TPSA) is 32.3 Å². The number of aliphatic hydroxyl groups excluding tert-OH is 1. The van der Waals surface area contributed by atoms with Crippen LogP contribution in [0.25, 0.3) is 0 Å². The quantitative estimate of drug-likeness (QED) is 0.514. The Kier molecular flexibility index (Phi) is 10.5. The van der Waals surface area contributed by atoms with E-state index in [9.17, 15) is 5.11 Å². The van der Waals surface area contributed by atoms with Gasteiger partial charge in [0.25, 0.3) is 0 Å². The van der Waals surface area contributed by atoms with E-state index in [4.69, 9.17) is 0 Å². The second-order valence-electron chi connectivity index (χ2n) is 6.24. The van der Waals surface area contributed by atoms with Gasteiger partial charge < -0.3 is 10.4 Å².